The van der Waals surface area contributed by atoms with E-state index in [0.717, 1.165) is 23.0 Å². The molecule has 2 aromatic carbocycles. The summed E-state index contributed by atoms with van der Waals surface area (Å²) in [4.78, 5) is 11.9. The maximum Gasteiger partial charge on any atom is 0.226 e. The first kappa shape index (κ1) is 15.1. The van der Waals surface area contributed by atoms with Gasteiger partial charge in [0.15, 0.2) is 17.5 Å². The second-order valence-corrected chi connectivity index (χ2v) is 5.09. The highest BCUT2D eigenvalue weighted by Crippen LogP contribution is 2.20. The van der Waals surface area contributed by atoms with E-state index < -0.39 is 23.4 Å². The van der Waals surface area contributed by atoms with Gasteiger partial charge in [-0.3, -0.25) is 4.79 Å². The summed E-state index contributed by atoms with van der Waals surface area (Å²) in [5.41, 5.74) is 0.616. The molecule has 0 atom stereocenters. The Bertz CT molecular complexity index is 873. The predicted molar refractivity (Wildman–Crippen MR) is 81.5 cm³/mol. The van der Waals surface area contributed by atoms with E-state index >= 15 is 0 Å². The number of nitrogens with one attached hydrogen (secondary N) is 1. The van der Waals surface area contributed by atoms with Crippen molar-refractivity contribution in [1.82, 2.24) is 4.57 Å². The third-order valence-corrected chi connectivity index (χ3v) is 3.57. The highest BCUT2D eigenvalue weighted by molar-refractivity contribution is 5.91. The molecule has 0 saturated heterocycles. The number of hydrogen-bond donors (Lipinski definition) is 1. The molecule has 23 heavy (non-hydrogen) atoms. The molecule has 3 rings (SSSR count). The average molecular weight is 318 g/mol. The quantitative estimate of drug-likeness (QED) is 0.722. The number of anilines is 1. The van der Waals surface area contributed by atoms with Gasteiger partial charge in [-0.25, -0.2) is 13.2 Å². The fourth-order valence-electron chi connectivity index (χ4n) is 2.39. The monoisotopic (exact) mass is 318 g/mol. The number of halogens is 3. The van der Waals surface area contributed by atoms with Gasteiger partial charge in [0, 0.05) is 24.7 Å². The first-order chi connectivity index (χ1) is 11.1. The summed E-state index contributed by atoms with van der Waals surface area (Å²) in [5.74, 6) is -4.77. The smallest absolute Gasteiger partial charge is 0.226 e. The van der Waals surface area contributed by atoms with Gasteiger partial charge in [0.1, 0.15) is 0 Å². The highest BCUT2D eigenvalue weighted by atomic mass is 19.2. The maximum atomic E-state index is 13.5. The van der Waals surface area contributed by atoms with Gasteiger partial charge in [-0.15, -0.1) is 0 Å². The van der Waals surface area contributed by atoms with Gasteiger partial charge >= 0.3 is 0 Å². The molecule has 0 unspecified atom stereocenters. The van der Waals surface area contributed by atoms with Gasteiger partial charge in [-0.2, -0.15) is 0 Å². The average Bonchev–Trinajstić information content (AvgIpc) is 2.97. The lowest BCUT2D eigenvalue weighted by molar-refractivity contribution is -0.116. The van der Waals surface area contributed by atoms with E-state index in [4.69, 9.17) is 0 Å². The summed E-state index contributed by atoms with van der Waals surface area (Å²) < 4.78 is 41.4. The third-order valence-electron chi connectivity index (χ3n) is 3.57. The lowest BCUT2D eigenvalue weighted by atomic mass is 10.2. The lowest BCUT2D eigenvalue weighted by Gasteiger charge is -2.08. The topological polar surface area (TPSA) is 34.0 Å². The van der Waals surface area contributed by atoms with Crippen molar-refractivity contribution in [1.29, 1.82) is 0 Å². The summed E-state index contributed by atoms with van der Waals surface area (Å²) in [5, 5.41) is 3.31. The number of amides is 1. The van der Waals surface area contributed by atoms with Crippen LogP contribution in [0.3, 0.4) is 0 Å². The van der Waals surface area contributed by atoms with Crippen molar-refractivity contribution in [3.05, 3.63) is 66.1 Å². The molecule has 3 nitrogen and oxygen atoms in total. The first-order valence-electron chi connectivity index (χ1n) is 7.03. The number of aryl methyl sites for hydroxylation is 1. The Hall–Kier alpha value is -2.76. The van der Waals surface area contributed by atoms with Crippen molar-refractivity contribution in [3.8, 4) is 0 Å². The molecule has 118 valence electrons. The molecular weight excluding hydrogens is 305 g/mol. The number of nitrogens with zero attached hydrogens (tertiary/aromatic N) is 1. The standard InChI is InChI=1S/C17H13F3N2O/c18-12-5-6-13(17(20)16(12)19)21-15(23)8-10-22-9-7-11-3-1-2-4-14(11)22/h1-7,9H,8,10H2,(H,21,23). The molecule has 1 aromatic heterocycles. The summed E-state index contributed by atoms with van der Waals surface area (Å²) in [6.07, 6.45) is 1.94. The largest absolute Gasteiger partial charge is 0.347 e. The molecule has 3 aromatic rings. The predicted octanol–water partition coefficient (Wildman–Crippen LogP) is 4.09. The van der Waals surface area contributed by atoms with E-state index in [0.29, 0.717) is 6.54 Å². The highest BCUT2D eigenvalue weighted by Gasteiger charge is 2.15. The van der Waals surface area contributed by atoms with Crippen LogP contribution in [-0.4, -0.2) is 10.5 Å². The Balaban J connectivity index is 1.67. The van der Waals surface area contributed by atoms with Gasteiger partial charge in [0.2, 0.25) is 5.91 Å². The zero-order chi connectivity index (χ0) is 16.4. The summed E-state index contributed by atoms with van der Waals surface area (Å²) in [6.45, 7) is 0.393. The van der Waals surface area contributed by atoms with Crippen LogP contribution in [0.15, 0.2) is 48.7 Å². The van der Waals surface area contributed by atoms with E-state index in [-0.39, 0.29) is 12.1 Å². The molecule has 0 fully saturated rings. The fraction of sp³-hybridized carbons (Fsp3) is 0.118. The number of carbonyl (C=O) groups excluding carboxylic acids is 1. The zero-order valence-corrected chi connectivity index (χ0v) is 12.0. The van der Waals surface area contributed by atoms with Gasteiger partial charge in [-0.1, -0.05) is 18.2 Å². The van der Waals surface area contributed by atoms with E-state index in [9.17, 15) is 18.0 Å². The van der Waals surface area contributed by atoms with Crippen LogP contribution in [0.25, 0.3) is 10.9 Å². The minimum Gasteiger partial charge on any atom is -0.347 e. The molecule has 0 aliphatic rings. The van der Waals surface area contributed by atoms with E-state index in [2.05, 4.69) is 5.32 Å². The summed E-state index contributed by atoms with van der Waals surface area (Å²) in [7, 11) is 0. The van der Waals surface area contributed by atoms with Gasteiger partial charge in [0.25, 0.3) is 0 Å². The van der Waals surface area contributed by atoms with Crippen LogP contribution in [0.1, 0.15) is 6.42 Å². The van der Waals surface area contributed by atoms with Crippen LogP contribution in [0.2, 0.25) is 0 Å². The minimum atomic E-state index is -1.60. The SMILES string of the molecule is O=C(CCn1ccc2ccccc21)Nc1ccc(F)c(F)c1F. The third kappa shape index (κ3) is 3.06. The first-order valence-corrected chi connectivity index (χ1v) is 7.03. The van der Waals surface area contributed by atoms with E-state index in [1.165, 1.54) is 0 Å². The Labute approximate surface area is 130 Å². The molecule has 6 heteroatoms. The molecule has 0 spiro atoms. The van der Waals surface area contributed by atoms with Crippen molar-refractivity contribution in [2.75, 3.05) is 5.32 Å². The molecule has 1 N–H and O–H groups in total. The van der Waals surface area contributed by atoms with Crippen molar-refractivity contribution in [2.24, 2.45) is 0 Å². The van der Waals surface area contributed by atoms with Crippen molar-refractivity contribution in [3.63, 3.8) is 0 Å². The summed E-state index contributed by atoms with van der Waals surface area (Å²) in [6, 6.07) is 11.4. The molecule has 1 heterocycles. The Morgan fingerprint density at radius 2 is 1.78 bits per heavy atom. The molecule has 0 radical (unpaired) electrons. The second-order valence-electron chi connectivity index (χ2n) is 5.09. The number of carbonyl (C=O) groups is 1. The van der Waals surface area contributed by atoms with Crippen LogP contribution in [-0.2, 0) is 11.3 Å². The Morgan fingerprint density at radius 1 is 1.00 bits per heavy atom. The van der Waals surface area contributed by atoms with Crippen LogP contribution < -0.4 is 5.32 Å². The number of fused-ring (bicyclic) bond motifs is 1. The van der Waals surface area contributed by atoms with E-state index in [1.54, 1.807) is 0 Å². The van der Waals surface area contributed by atoms with Crippen LogP contribution in [0.4, 0.5) is 18.9 Å². The van der Waals surface area contributed by atoms with Crippen molar-refractivity contribution in [2.45, 2.75) is 13.0 Å². The van der Waals surface area contributed by atoms with Crippen molar-refractivity contribution >= 4 is 22.5 Å². The number of aromatic nitrogens is 1. The molecule has 0 aliphatic carbocycles. The lowest BCUT2D eigenvalue weighted by Crippen LogP contribution is -2.15. The van der Waals surface area contributed by atoms with Gasteiger partial charge in [-0.05, 0) is 29.7 Å². The maximum absolute atomic E-state index is 13.5. The number of rotatable bonds is 4. The Kier molecular flexibility index (Phi) is 4.06. The zero-order valence-electron chi connectivity index (χ0n) is 12.0. The number of benzene rings is 2. The fourth-order valence-corrected chi connectivity index (χ4v) is 2.39. The molecule has 1 amide bonds. The number of hydrogen-bond acceptors (Lipinski definition) is 1. The van der Waals surface area contributed by atoms with Gasteiger partial charge in [0.05, 0.1) is 5.69 Å². The van der Waals surface area contributed by atoms with E-state index in [1.807, 2.05) is 41.1 Å². The Morgan fingerprint density at radius 3 is 2.61 bits per heavy atom. The summed E-state index contributed by atoms with van der Waals surface area (Å²) >= 11 is 0. The van der Waals surface area contributed by atoms with Crippen LogP contribution in [0.5, 0.6) is 0 Å². The normalized spacial score (nSPS) is 10.9. The van der Waals surface area contributed by atoms with Crippen LogP contribution in [0, 0.1) is 17.5 Å². The van der Waals surface area contributed by atoms with Crippen LogP contribution >= 0.6 is 0 Å². The molecular formula is C17H13F3N2O. The molecule has 0 bridgehead atoms. The number of para-hydroxylation sites is 1. The second kappa shape index (κ2) is 6.16. The molecule has 0 aliphatic heterocycles. The molecule has 0 saturated carbocycles. The minimum absolute atomic E-state index is 0.0805. The van der Waals surface area contributed by atoms with Gasteiger partial charge < -0.3 is 9.88 Å². The van der Waals surface area contributed by atoms with Crippen molar-refractivity contribution < 1.29 is 18.0 Å².